The largest absolute Gasteiger partial charge is 0.497 e. The van der Waals surface area contributed by atoms with E-state index in [2.05, 4.69) is 22.4 Å². The van der Waals surface area contributed by atoms with Crippen molar-refractivity contribution in [3.05, 3.63) is 89.4 Å². The van der Waals surface area contributed by atoms with Crippen LogP contribution in [0.2, 0.25) is 5.02 Å². The number of hydrogen-bond acceptors (Lipinski definition) is 1. The van der Waals surface area contributed by atoms with Gasteiger partial charge in [-0.2, -0.15) is 0 Å². The molecule has 3 aromatic rings. The van der Waals surface area contributed by atoms with Gasteiger partial charge in [0.25, 0.3) is 5.84 Å². The van der Waals surface area contributed by atoms with Crippen molar-refractivity contribution in [1.29, 1.82) is 0 Å². The lowest BCUT2D eigenvalue weighted by Crippen LogP contribution is -2.68. The lowest BCUT2D eigenvalue weighted by Gasteiger charge is -2.05. The van der Waals surface area contributed by atoms with E-state index >= 15 is 0 Å². The van der Waals surface area contributed by atoms with Gasteiger partial charge >= 0.3 is 0 Å². The molecule has 0 aliphatic carbocycles. The van der Waals surface area contributed by atoms with Crippen LogP contribution in [0.4, 0.5) is 11.4 Å². The van der Waals surface area contributed by atoms with Crippen LogP contribution in [-0.2, 0) is 0 Å². The highest BCUT2D eigenvalue weighted by Crippen LogP contribution is 2.15. The second kappa shape index (κ2) is 7.66. The molecule has 0 unspecified atom stereocenters. The van der Waals surface area contributed by atoms with E-state index in [0.29, 0.717) is 5.02 Å². The van der Waals surface area contributed by atoms with Crippen molar-refractivity contribution in [3.63, 3.8) is 0 Å². The highest BCUT2D eigenvalue weighted by atomic mass is 35.5. The molecular formula is C20H18ClN2O+. The summed E-state index contributed by atoms with van der Waals surface area (Å²) < 4.78 is 5.20. The Morgan fingerprint density at radius 1 is 0.875 bits per heavy atom. The molecule has 0 saturated carbocycles. The maximum absolute atomic E-state index is 5.96. The summed E-state index contributed by atoms with van der Waals surface area (Å²) in [6, 6.07) is 25.5. The zero-order chi connectivity index (χ0) is 16.8. The number of halogens is 1. The van der Waals surface area contributed by atoms with Crippen molar-refractivity contribution in [1.82, 2.24) is 0 Å². The van der Waals surface area contributed by atoms with Crippen molar-refractivity contribution in [2.75, 3.05) is 12.4 Å². The molecule has 0 atom stereocenters. The summed E-state index contributed by atoms with van der Waals surface area (Å²) in [5.74, 6) is 1.72. The minimum Gasteiger partial charge on any atom is -0.497 e. The fourth-order valence-electron chi connectivity index (χ4n) is 2.28. The molecule has 120 valence electrons. The summed E-state index contributed by atoms with van der Waals surface area (Å²) >= 11 is 5.96. The summed E-state index contributed by atoms with van der Waals surface area (Å²) in [6.45, 7) is 0. The van der Waals surface area contributed by atoms with Crippen LogP contribution in [0.3, 0.4) is 0 Å². The van der Waals surface area contributed by atoms with Crippen LogP contribution in [0.5, 0.6) is 5.75 Å². The summed E-state index contributed by atoms with van der Waals surface area (Å²) in [5, 5.41) is 4.14. The SMILES string of the molecule is COc1ccc(NC(=[NH+]c2ccc(Cl)cc2)c2ccccc2)cc1. The maximum Gasteiger partial charge on any atom is 0.285 e. The number of ether oxygens (including phenoxy) is 1. The van der Waals surface area contributed by atoms with Gasteiger partial charge in [0.15, 0.2) is 0 Å². The number of amidine groups is 1. The lowest BCUT2D eigenvalue weighted by molar-refractivity contribution is -0.352. The van der Waals surface area contributed by atoms with Crippen LogP contribution >= 0.6 is 11.6 Å². The fourth-order valence-corrected chi connectivity index (χ4v) is 2.40. The van der Waals surface area contributed by atoms with Crippen LogP contribution < -0.4 is 15.0 Å². The van der Waals surface area contributed by atoms with Crippen molar-refractivity contribution < 1.29 is 9.73 Å². The van der Waals surface area contributed by atoms with Gasteiger partial charge in [0, 0.05) is 5.02 Å². The van der Waals surface area contributed by atoms with Gasteiger partial charge in [0.2, 0.25) is 0 Å². The molecule has 0 aliphatic heterocycles. The smallest absolute Gasteiger partial charge is 0.285 e. The molecule has 24 heavy (non-hydrogen) atoms. The monoisotopic (exact) mass is 337 g/mol. The Kier molecular flexibility index (Phi) is 5.14. The number of benzene rings is 3. The normalized spacial score (nSPS) is 11.2. The Hall–Kier alpha value is -2.78. The Morgan fingerprint density at radius 3 is 2.17 bits per heavy atom. The Labute approximate surface area is 146 Å². The van der Waals surface area contributed by atoms with Gasteiger partial charge in [-0.1, -0.05) is 29.8 Å². The molecule has 0 radical (unpaired) electrons. The Balaban J connectivity index is 1.94. The average molecular weight is 338 g/mol. The van der Waals surface area contributed by atoms with E-state index in [-0.39, 0.29) is 0 Å². The first-order valence-corrected chi connectivity index (χ1v) is 7.98. The van der Waals surface area contributed by atoms with Gasteiger partial charge in [-0.05, 0) is 60.7 Å². The topological polar surface area (TPSA) is 35.2 Å². The maximum atomic E-state index is 5.96. The fraction of sp³-hybridized carbons (Fsp3) is 0.0500. The van der Waals surface area contributed by atoms with Crippen LogP contribution in [0.1, 0.15) is 5.56 Å². The van der Waals surface area contributed by atoms with Gasteiger partial charge in [-0.25, -0.2) is 10.3 Å². The van der Waals surface area contributed by atoms with Gasteiger partial charge in [-0.15, -0.1) is 0 Å². The molecule has 4 heteroatoms. The predicted octanol–water partition coefficient (Wildman–Crippen LogP) is 3.62. The molecule has 0 aromatic heterocycles. The molecule has 0 saturated heterocycles. The van der Waals surface area contributed by atoms with Crippen LogP contribution in [0.15, 0.2) is 78.9 Å². The van der Waals surface area contributed by atoms with Gasteiger partial charge in [-0.3, -0.25) is 0 Å². The zero-order valence-corrected chi connectivity index (χ0v) is 14.0. The predicted molar refractivity (Wildman–Crippen MR) is 99.2 cm³/mol. The van der Waals surface area contributed by atoms with E-state index in [1.165, 1.54) is 0 Å². The first-order valence-electron chi connectivity index (χ1n) is 7.60. The number of nitrogens with one attached hydrogen (secondary N) is 2. The van der Waals surface area contributed by atoms with Crippen molar-refractivity contribution >= 4 is 28.8 Å². The Bertz CT molecular complexity index is 813. The average Bonchev–Trinajstić information content (AvgIpc) is 2.64. The van der Waals surface area contributed by atoms with E-state index in [0.717, 1.165) is 28.5 Å². The van der Waals surface area contributed by atoms with Crippen molar-refractivity contribution in [2.24, 2.45) is 0 Å². The number of methoxy groups -OCH3 is 1. The van der Waals surface area contributed by atoms with Gasteiger partial charge in [0.05, 0.1) is 12.7 Å². The van der Waals surface area contributed by atoms with Crippen LogP contribution in [-0.4, -0.2) is 12.9 Å². The lowest BCUT2D eigenvalue weighted by atomic mass is 10.2. The van der Waals surface area contributed by atoms with E-state index in [4.69, 9.17) is 16.3 Å². The zero-order valence-electron chi connectivity index (χ0n) is 13.3. The van der Waals surface area contributed by atoms with E-state index in [9.17, 15) is 0 Å². The Morgan fingerprint density at radius 2 is 1.54 bits per heavy atom. The molecule has 0 bridgehead atoms. The summed E-state index contributed by atoms with van der Waals surface area (Å²) in [6.07, 6.45) is 0. The van der Waals surface area contributed by atoms with Crippen molar-refractivity contribution in [3.8, 4) is 5.75 Å². The molecule has 3 rings (SSSR count). The first kappa shape index (κ1) is 16.1. The molecule has 3 nitrogen and oxygen atoms in total. The van der Waals surface area contributed by atoms with Gasteiger partial charge < -0.3 is 4.74 Å². The van der Waals surface area contributed by atoms with E-state index in [1.807, 2.05) is 66.7 Å². The quantitative estimate of drug-likeness (QED) is 0.563. The van der Waals surface area contributed by atoms with Crippen molar-refractivity contribution in [2.45, 2.75) is 0 Å². The number of hydrogen-bond donors (Lipinski definition) is 2. The third kappa shape index (κ3) is 4.15. The molecule has 3 aromatic carbocycles. The summed E-state index contributed by atoms with van der Waals surface area (Å²) in [5.41, 5.74) is 2.98. The summed E-state index contributed by atoms with van der Waals surface area (Å²) in [7, 11) is 1.66. The summed E-state index contributed by atoms with van der Waals surface area (Å²) in [4.78, 5) is 3.42. The third-order valence-corrected chi connectivity index (χ3v) is 3.79. The molecular weight excluding hydrogens is 320 g/mol. The first-order chi connectivity index (χ1) is 11.7. The third-order valence-electron chi connectivity index (χ3n) is 3.54. The van der Waals surface area contributed by atoms with Gasteiger partial charge in [0.1, 0.15) is 17.1 Å². The molecule has 0 fully saturated rings. The molecule has 0 aliphatic rings. The number of rotatable bonds is 4. The van der Waals surface area contributed by atoms with Crippen LogP contribution in [0, 0.1) is 0 Å². The second-order valence-electron chi connectivity index (χ2n) is 5.23. The minimum absolute atomic E-state index is 0.713. The van der Waals surface area contributed by atoms with Crippen LogP contribution in [0.25, 0.3) is 0 Å². The molecule has 2 N–H and O–H groups in total. The van der Waals surface area contributed by atoms with E-state index in [1.54, 1.807) is 7.11 Å². The second-order valence-corrected chi connectivity index (χ2v) is 5.66. The minimum atomic E-state index is 0.713. The molecule has 0 heterocycles. The standard InChI is InChI=1S/C20H17ClN2O/c1-24-19-13-11-18(12-14-19)23-20(15-5-3-2-4-6-15)22-17-9-7-16(21)8-10-17/h2-14H,1H3,(H,22,23)/p+1. The highest BCUT2D eigenvalue weighted by Gasteiger charge is 2.11. The van der Waals surface area contributed by atoms with E-state index < -0.39 is 0 Å². The highest BCUT2D eigenvalue weighted by molar-refractivity contribution is 6.30. The molecule has 0 spiro atoms. The number of anilines is 1. The molecule has 0 amide bonds.